The van der Waals surface area contributed by atoms with Gasteiger partial charge < -0.3 is 5.11 Å². The van der Waals surface area contributed by atoms with Crippen LogP contribution in [0.3, 0.4) is 0 Å². The Labute approximate surface area is 74.2 Å². The molecule has 0 aromatic carbocycles. The quantitative estimate of drug-likeness (QED) is 0.666. The maximum absolute atomic E-state index is 10.3. The molecule has 0 heterocycles. The predicted molar refractivity (Wildman–Crippen MR) is 47.7 cm³/mol. The largest absolute Gasteiger partial charge is 0.389 e. The second kappa shape index (κ2) is 2.06. The van der Waals surface area contributed by atoms with Crippen LogP contribution in [-0.4, -0.2) is 10.7 Å². The van der Waals surface area contributed by atoms with Gasteiger partial charge in [-0.25, -0.2) is 0 Å². The smallest absolute Gasteiger partial charge is 0.0741 e. The van der Waals surface area contributed by atoms with Gasteiger partial charge in [-0.1, -0.05) is 19.8 Å². The average Bonchev–Trinajstić information content (AvgIpc) is 2.89. The van der Waals surface area contributed by atoms with Crippen molar-refractivity contribution in [2.24, 2.45) is 23.7 Å². The lowest BCUT2D eigenvalue weighted by Gasteiger charge is -2.13. The van der Waals surface area contributed by atoms with E-state index in [1.165, 1.54) is 32.1 Å². The molecule has 4 unspecified atom stereocenters. The molecule has 0 spiro atoms. The van der Waals surface area contributed by atoms with Crippen molar-refractivity contribution >= 4 is 0 Å². The number of hydrogen-bond acceptors (Lipinski definition) is 1. The van der Waals surface area contributed by atoms with Crippen LogP contribution in [0, 0.1) is 23.7 Å². The Hall–Kier alpha value is -0.0400. The van der Waals surface area contributed by atoms with Crippen LogP contribution in [0.1, 0.15) is 39.0 Å². The molecule has 0 bridgehead atoms. The summed E-state index contributed by atoms with van der Waals surface area (Å²) in [5.74, 6) is 3.02. The summed E-state index contributed by atoms with van der Waals surface area (Å²) >= 11 is 0. The van der Waals surface area contributed by atoms with E-state index in [0.29, 0.717) is 5.92 Å². The molecule has 3 rings (SSSR count). The lowest BCUT2D eigenvalue weighted by molar-refractivity contribution is 0.0769. The van der Waals surface area contributed by atoms with Gasteiger partial charge in [-0.2, -0.15) is 0 Å². The number of aliphatic hydroxyl groups is 1. The van der Waals surface area contributed by atoms with Crippen LogP contribution >= 0.6 is 0 Å². The van der Waals surface area contributed by atoms with E-state index in [1.807, 2.05) is 0 Å². The Bertz CT molecular complexity index is 201. The maximum Gasteiger partial charge on any atom is 0.0741 e. The summed E-state index contributed by atoms with van der Waals surface area (Å²) in [4.78, 5) is 0. The molecule has 0 amide bonds. The van der Waals surface area contributed by atoms with Gasteiger partial charge >= 0.3 is 0 Å². The molecule has 0 saturated heterocycles. The number of fused-ring (bicyclic) bond motifs is 1. The lowest BCUT2D eigenvalue weighted by Crippen LogP contribution is -2.19. The first-order chi connectivity index (χ1) is 5.78. The lowest BCUT2D eigenvalue weighted by atomic mass is 10.0. The molecule has 0 radical (unpaired) electrons. The Kier molecular flexibility index (Phi) is 1.27. The van der Waals surface area contributed by atoms with Crippen LogP contribution in [0.2, 0.25) is 0 Å². The van der Waals surface area contributed by atoms with E-state index in [0.717, 1.165) is 17.8 Å². The fraction of sp³-hybridized carbons (Fsp3) is 1.00. The molecule has 3 aliphatic rings. The van der Waals surface area contributed by atoms with Crippen molar-refractivity contribution in [1.82, 2.24) is 0 Å². The van der Waals surface area contributed by atoms with Crippen LogP contribution in [0.25, 0.3) is 0 Å². The maximum atomic E-state index is 10.3. The average molecular weight is 166 g/mol. The first-order valence-corrected chi connectivity index (χ1v) is 5.50. The van der Waals surface area contributed by atoms with Crippen molar-refractivity contribution in [3.05, 3.63) is 0 Å². The van der Waals surface area contributed by atoms with E-state index in [2.05, 4.69) is 6.92 Å². The van der Waals surface area contributed by atoms with Crippen molar-refractivity contribution in [3.63, 3.8) is 0 Å². The molecule has 3 aliphatic carbocycles. The van der Waals surface area contributed by atoms with Crippen molar-refractivity contribution in [3.8, 4) is 0 Å². The van der Waals surface area contributed by atoms with E-state index in [9.17, 15) is 5.11 Å². The third-order valence-electron chi connectivity index (χ3n) is 4.64. The topological polar surface area (TPSA) is 20.2 Å². The Morgan fingerprint density at radius 2 is 1.92 bits per heavy atom. The first-order valence-electron chi connectivity index (χ1n) is 5.50. The summed E-state index contributed by atoms with van der Waals surface area (Å²) in [5.41, 5.74) is -0.154. The van der Waals surface area contributed by atoms with Gasteiger partial charge in [0.2, 0.25) is 0 Å². The van der Waals surface area contributed by atoms with E-state index >= 15 is 0 Å². The molecule has 0 aromatic rings. The van der Waals surface area contributed by atoms with Crippen LogP contribution in [0.4, 0.5) is 0 Å². The Balaban J connectivity index is 1.71. The summed E-state index contributed by atoms with van der Waals surface area (Å²) in [5, 5.41) is 10.3. The standard InChI is InChI=1S/C11H18O/c1-2-7-6-10(7)11(12)8-4-3-5-9(8)11/h7-10,12H,2-6H2,1H3. The Morgan fingerprint density at radius 3 is 2.42 bits per heavy atom. The zero-order valence-electron chi connectivity index (χ0n) is 7.79. The number of hydrogen-bond donors (Lipinski definition) is 1. The van der Waals surface area contributed by atoms with E-state index in [-0.39, 0.29) is 5.60 Å². The summed E-state index contributed by atoms with van der Waals surface area (Å²) in [7, 11) is 0. The normalized spacial score (nSPS) is 61.5. The van der Waals surface area contributed by atoms with Crippen LogP contribution in [-0.2, 0) is 0 Å². The molecule has 12 heavy (non-hydrogen) atoms. The molecular formula is C11H18O. The van der Waals surface area contributed by atoms with Gasteiger partial charge in [0.15, 0.2) is 0 Å². The zero-order valence-corrected chi connectivity index (χ0v) is 7.79. The monoisotopic (exact) mass is 166 g/mol. The minimum absolute atomic E-state index is 0.154. The van der Waals surface area contributed by atoms with Crippen molar-refractivity contribution < 1.29 is 5.11 Å². The third kappa shape index (κ3) is 0.693. The molecule has 0 aliphatic heterocycles. The van der Waals surface area contributed by atoms with Crippen molar-refractivity contribution in [2.45, 2.75) is 44.6 Å². The highest BCUT2D eigenvalue weighted by Gasteiger charge is 2.72. The molecule has 1 N–H and O–H groups in total. The van der Waals surface area contributed by atoms with Gasteiger partial charge in [0.1, 0.15) is 0 Å². The fourth-order valence-electron chi connectivity index (χ4n) is 3.78. The molecule has 1 nitrogen and oxygen atoms in total. The Morgan fingerprint density at radius 1 is 1.25 bits per heavy atom. The SMILES string of the molecule is CCC1CC1C1(O)C2CCCC21. The van der Waals surface area contributed by atoms with E-state index in [1.54, 1.807) is 0 Å². The van der Waals surface area contributed by atoms with E-state index in [4.69, 9.17) is 0 Å². The second-order valence-electron chi connectivity index (χ2n) is 5.04. The van der Waals surface area contributed by atoms with Crippen LogP contribution in [0.5, 0.6) is 0 Å². The first kappa shape index (κ1) is 7.37. The van der Waals surface area contributed by atoms with E-state index < -0.39 is 0 Å². The molecule has 4 atom stereocenters. The highest BCUT2D eigenvalue weighted by atomic mass is 16.3. The third-order valence-corrected chi connectivity index (χ3v) is 4.64. The van der Waals surface area contributed by atoms with Gasteiger partial charge in [-0.3, -0.25) is 0 Å². The highest BCUT2D eigenvalue weighted by molar-refractivity contribution is 5.22. The van der Waals surface area contributed by atoms with Gasteiger partial charge in [0.25, 0.3) is 0 Å². The second-order valence-corrected chi connectivity index (χ2v) is 5.04. The predicted octanol–water partition coefficient (Wildman–Crippen LogP) is 2.19. The minimum atomic E-state index is -0.154. The number of rotatable bonds is 2. The van der Waals surface area contributed by atoms with Gasteiger partial charge in [-0.05, 0) is 42.9 Å². The van der Waals surface area contributed by atoms with Crippen LogP contribution in [0.15, 0.2) is 0 Å². The molecule has 1 heteroatoms. The summed E-state index contributed by atoms with van der Waals surface area (Å²) in [6, 6.07) is 0. The molecule has 3 saturated carbocycles. The summed E-state index contributed by atoms with van der Waals surface area (Å²) in [6.45, 7) is 2.26. The van der Waals surface area contributed by atoms with Crippen molar-refractivity contribution in [1.29, 1.82) is 0 Å². The highest BCUT2D eigenvalue weighted by Crippen LogP contribution is 2.70. The summed E-state index contributed by atoms with van der Waals surface area (Å²) in [6.07, 6.45) is 6.61. The zero-order chi connectivity index (χ0) is 8.34. The molecule has 3 fully saturated rings. The molecule has 0 aromatic heterocycles. The van der Waals surface area contributed by atoms with Gasteiger partial charge in [0, 0.05) is 0 Å². The molecule has 68 valence electrons. The van der Waals surface area contributed by atoms with Crippen molar-refractivity contribution in [2.75, 3.05) is 0 Å². The minimum Gasteiger partial charge on any atom is -0.389 e. The summed E-state index contributed by atoms with van der Waals surface area (Å²) < 4.78 is 0. The molecular weight excluding hydrogens is 148 g/mol. The fourth-order valence-corrected chi connectivity index (χ4v) is 3.78. The van der Waals surface area contributed by atoms with Gasteiger partial charge in [-0.15, -0.1) is 0 Å². The van der Waals surface area contributed by atoms with Crippen LogP contribution < -0.4 is 0 Å². The van der Waals surface area contributed by atoms with Gasteiger partial charge in [0.05, 0.1) is 5.60 Å².